The van der Waals surface area contributed by atoms with E-state index in [9.17, 15) is 0 Å². The van der Waals surface area contributed by atoms with Gasteiger partial charge in [-0.25, -0.2) is 0 Å². The zero-order chi connectivity index (χ0) is 8.43. The van der Waals surface area contributed by atoms with Crippen molar-refractivity contribution in [1.29, 1.82) is 0 Å². The van der Waals surface area contributed by atoms with Crippen LogP contribution in [0.15, 0.2) is 21.1 Å². The third-order valence-corrected chi connectivity index (χ3v) is 3.94. The second-order valence-corrected chi connectivity index (χ2v) is 5.54. The molecule has 11 heavy (non-hydrogen) atoms. The average molecular weight is 314 g/mol. The molecule has 1 aliphatic rings. The van der Waals surface area contributed by atoms with Crippen LogP contribution in [0.2, 0.25) is 0 Å². The Morgan fingerprint density at radius 2 is 2.18 bits per heavy atom. The molecule has 1 rings (SSSR count). The number of rotatable bonds is 2. The fraction of sp³-hybridized carbons (Fsp3) is 0.600. The predicted octanol–water partition coefficient (Wildman–Crippen LogP) is 3.04. The molecule has 0 radical (unpaired) electrons. The van der Waals surface area contributed by atoms with Gasteiger partial charge >= 0.3 is 84.5 Å². The molecule has 0 nitrogen and oxygen atoms in total. The van der Waals surface area contributed by atoms with Gasteiger partial charge in [0.25, 0.3) is 0 Å². The predicted molar refractivity (Wildman–Crippen MR) is 44.8 cm³/mol. The first-order valence-electron chi connectivity index (χ1n) is 4.29. The summed E-state index contributed by atoms with van der Waals surface area (Å²) in [6.45, 7) is 6.86. The first-order chi connectivity index (χ1) is 5.15. The van der Waals surface area contributed by atoms with Crippen LogP contribution in [0.1, 0.15) is 27.2 Å². The molecule has 0 saturated carbocycles. The maximum absolute atomic E-state index is 2.45. The number of hydrogen-bond acceptors (Lipinski definition) is 0. The summed E-state index contributed by atoms with van der Waals surface area (Å²) in [6.07, 6.45) is 6.05. The second kappa shape index (κ2) is 3.84. The summed E-state index contributed by atoms with van der Waals surface area (Å²) < 4.78 is 1.68. The van der Waals surface area contributed by atoms with Gasteiger partial charge in [0.2, 0.25) is 0 Å². The Morgan fingerprint density at radius 1 is 1.55 bits per heavy atom. The van der Waals surface area contributed by atoms with Crippen LogP contribution in [-0.4, -0.2) is 0 Å². The van der Waals surface area contributed by atoms with E-state index in [1.165, 1.54) is 30.8 Å². The van der Waals surface area contributed by atoms with E-state index in [1.807, 2.05) is 0 Å². The molecular formula is C10H15Hf. The molecule has 0 fully saturated rings. The third-order valence-electron chi connectivity index (χ3n) is 2.22. The van der Waals surface area contributed by atoms with Crippen LogP contribution < -0.4 is 0 Å². The molecule has 0 aromatic carbocycles. The fourth-order valence-electron chi connectivity index (χ4n) is 1.44. The zero-order valence-corrected chi connectivity index (χ0v) is 11.1. The van der Waals surface area contributed by atoms with Gasteiger partial charge in [0, 0.05) is 0 Å². The van der Waals surface area contributed by atoms with Crippen LogP contribution in [0, 0.1) is 11.8 Å². The van der Waals surface area contributed by atoms with E-state index in [0.717, 1.165) is 11.8 Å². The minimum absolute atomic E-state index is 0.775. The molecule has 0 N–H and O–H groups in total. The summed E-state index contributed by atoms with van der Waals surface area (Å²) in [5, 5.41) is 0. The van der Waals surface area contributed by atoms with Gasteiger partial charge in [-0.15, -0.1) is 0 Å². The average Bonchev–Trinajstić information content (AvgIpc) is 2.30. The second-order valence-electron chi connectivity index (χ2n) is 3.46. The molecule has 0 aromatic heterocycles. The van der Waals surface area contributed by atoms with Gasteiger partial charge in [0.15, 0.2) is 0 Å². The Kier molecular flexibility index (Phi) is 3.29. The quantitative estimate of drug-likeness (QED) is 0.688. The normalized spacial score (nSPS) is 23.7. The molecule has 0 aliphatic heterocycles. The summed E-state index contributed by atoms with van der Waals surface area (Å²) in [6, 6.07) is 0. The topological polar surface area (TPSA) is 0 Å². The van der Waals surface area contributed by atoms with E-state index in [2.05, 4.69) is 32.9 Å². The number of hydrogen-bond donors (Lipinski definition) is 0. The molecule has 0 saturated heterocycles. The molecule has 1 heteroatoms. The molecule has 0 spiro atoms. The number of allylic oxidation sites excluding steroid dienone is 4. The van der Waals surface area contributed by atoms with Crippen LogP contribution in [0.25, 0.3) is 0 Å². The van der Waals surface area contributed by atoms with Crippen LogP contribution >= 0.6 is 0 Å². The van der Waals surface area contributed by atoms with Crippen molar-refractivity contribution in [2.75, 3.05) is 0 Å². The van der Waals surface area contributed by atoms with E-state index in [-0.39, 0.29) is 0 Å². The van der Waals surface area contributed by atoms with Crippen LogP contribution in [-0.2, 0) is 24.4 Å². The van der Waals surface area contributed by atoms with E-state index in [4.69, 9.17) is 0 Å². The Labute approximate surface area is 84.3 Å². The Hall–Kier alpha value is 0.350. The Bertz CT molecular complexity index is 199. The molecular weight excluding hydrogens is 299 g/mol. The van der Waals surface area contributed by atoms with E-state index < -0.39 is 0 Å². The molecule has 59 valence electrons. The van der Waals surface area contributed by atoms with E-state index >= 15 is 0 Å². The van der Waals surface area contributed by atoms with Crippen LogP contribution in [0.3, 0.4) is 0 Å². The summed E-state index contributed by atoms with van der Waals surface area (Å²) in [5.74, 6) is 1.57. The summed E-state index contributed by atoms with van der Waals surface area (Å²) >= 11 is 1.24. The van der Waals surface area contributed by atoms with Gasteiger partial charge < -0.3 is 0 Å². The van der Waals surface area contributed by atoms with Crippen molar-refractivity contribution in [3.8, 4) is 0 Å². The van der Waals surface area contributed by atoms with Crippen molar-refractivity contribution in [1.82, 2.24) is 0 Å². The van der Waals surface area contributed by atoms with Gasteiger partial charge in [-0.1, -0.05) is 0 Å². The van der Waals surface area contributed by atoms with Crippen molar-refractivity contribution in [2.24, 2.45) is 11.8 Å². The molecule has 0 amide bonds. The van der Waals surface area contributed by atoms with Crippen molar-refractivity contribution in [3.63, 3.8) is 0 Å². The molecule has 0 aromatic rings. The van der Waals surface area contributed by atoms with Crippen molar-refractivity contribution >= 4 is 0 Å². The zero-order valence-electron chi connectivity index (χ0n) is 7.52. The van der Waals surface area contributed by atoms with Gasteiger partial charge in [0.1, 0.15) is 0 Å². The van der Waals surface area contributed by atoms with Crippen molar-refractivity contribution < 1.29 is 24.4 Å². The minimum atomic E-state index is 0.775. The van der Waals surface area contributed by atoms with Gasteiger partial charge in [-0.2, -0.15) is 0 Å². The fourth-order valence-corrected chi connectivity index (χ4v) is 3.60. The molecule has 1 atom stereocenters. The van der Waals surface area contributed by atoms with Crippen molar-refractivity contribution in [2.45, 2.75) is 27.2 Å². The summed E-state index contributed by atoms with van der Waals surface area (Å²) in [4.78, 5) is 0. The molecule has 1 aliphatic carbocycles. The first kappa shape index (κ1) is 9.44. The van der Waals surface area contributed by atoms with Crippen LogP contribution in [0.5, 0.6) is 0 Å². The van der Waals surface area contributed by atoms with E-state index in [1.54, 1.807) is 8.90 Å². The Morgan fingerprint density at radius 3 is 2.45 bits per heavy atom. The summed E-state index contributed by atoms with van der Waals surface area (Å²) in [7, 11) is 0. The first-order valence-corrected chi connectivity index (χ1v) is 6.08. The SMILES string of the molecule is CCC1=CC(C(C)C)[C]([Hf])=C1. The third kappa shape index (κ3) is 2.14. The van der Waals surface area contributed by atoms with Gasteiger partial charge in [-0.3, -0.25) is 0 Å². The standard InChI is InChI=1S/C10H15.Hf/c1-4-9-5-6-10(7-9)8(2)3;/h5,7-8,10H,4H2,1-3H3;. The molecule has 0 heterocycles. The van der Waals surface area contributed by atoms with Crippen molar-refractivity contribution in [3.05, 3.63) is 21.1 Å². The Balaban J connectivity index is 2.73. The molecule has 0 bridgehead atoms. The molecule has 1 unspecified atom stereocenters. The van der Waals surface area contributed by atoms with Gasteiger partial charge in [0.05, 0.1) is 0 Å². The maximum atomic E-state index is 2.45. The van der Waals surface area contributed by atoms with E-state index in [0.29, 0.717) is 0 Å². The monoisotopic (exact) mass is 315 g/mol. The summed E-state index contributed by atoms with van der Waals surface area (Å²) in [5.41, 5.74) is 1.55. The van der Waals surface area contributed by atoms with Gasteiger partial charge in [-0.05, 0) is 0 Å². The van der Waals surface area contributed by atoms with Crippen LogP contribution in [0.4, 0.5) is 0 Å².